The fourth-order valence-corrected chi connectivity index (χ4v) is 4.42. The number of rotatable bonds is 7. The van der Waals surface area contributed by atoms with Crippen molar-refractivity contribution in [3.8, 4) is 17.0 Å². The highest BCUT2D eigenvalue weighted by atomic mass is 32.2. The van der Waals surface area contributed by atoms with Crippen LogP contribution in [0.15, 0.2) is 58.8 Å². The van der Waals surface area contributed by atoms with Crippen LogP contribution in [-0.2, 0) is 11.2 Å². The molecule has 1 saturated heterocycles. The minimum atomic E-state index is -0.429. The second-order valence-corrected chi connectivity index (χ2v) is 8.41. The van der Waals surface area contributed by atoms with Gasteiger partial charge < -0.3 is 15.4 Å². The van der Waals surface area contributed by atoms with Gasteiger partial charge in [0.1, 0.15) is 21.5 Å². The summed E-state index contributed by atoms with van der Waals surface area (Å²) in [7, 11) is 1.70. The number of anilines is 1. The Morgan fingerprint density at radius 1 is 1.10 bits per heavy atom. The van der Waals surface area contributed by atoms with Crippen LogP contribution in [0.1, 0.15) is 25.0 Å². The molecule has 1 amide bonds. The van der Waals surface area contributed by atoms with E-state index in [0.717, 1.165) is 40.8 Å². The zero-order valence-electron chi connectivity index (χ0n) is 17.5. The number of piperidine rings is 1. The number of nitrogens with two attached hydrogens (primary N) is 1. The molecule has 3 heterocycles. The Hall–Kier alpha value is -3.13. The van der Waals surface area contributed by atoms with Gasteiger partial charge in [0.15, 0.2) is 0 Å². The van der Waals surface area contributed by atoms with Crippen molar-refractivity contribution in [2.24, 2.45) is 5.73 Å². The van der Waals surface area contributed by atoms with Crippen LogP contribution in [0.3, 0.4) is 0 Å². The number of hydrogen-bond acceptors (Lipinski definition) is 7. The van der Waals surface area contributed by atoms with Crippen molar-refractivity contribution in [3.63, 3.8) is 0 Å². The van der Waals surface area contributed by atoms with Crippen molar-refractivity contribution in [1.29, 1.82) is 0 Å². The van der Waals surface area contributed by atoms with E-state index >= 15 is 0 Å². The van der Waals surface area contributed by atoms with Crippen LogP contribution in [0.4, 0.5) is 5.69 Å². The number of hydrogen-bond donors (Lipinski definition) is 1. The molecule has 7 nitrogen and oxygen atoms in total. The minimum absolute atomic E-state index is 0.0761. The molecule has 31 heavy (non-hydrogen) atoms. The molecule has 0 bridgehead atoms. The molecule has 1 aromatic carbocycles. The number of primary amides is 1. The van der Waals surface area contributed by atoms with E-state index in [1.54, 1.807) is 19.5 Å². The lowest BCUT2D eigenvalue weighted by molar-refractivity contribution is -0.117. The van der Waals surface area contributed by atoms with Crippen LogP contribution >= 0.6 is 11.8 Å². The number of benzene rings is 1. The Balaban J connectivity index is 1.71. The average molecular weight is 436 g/mol. The predicted molar refractivity (Wildman–Crippen MR) is 121 cm³/mol. The highest BCUT2D eigenvalue weighted by Gasteiger charge is 2.23. The Kier molecular flexibility index (Phi) is 6.66. The molecule has 1 aliphatic heterocycles. The van der Waals surface area contributed by atoms with E-state index in [1.165, 1.54) is 31.0 Å². The highest BCUT2D eigenvalue weighted by Crippen LogP contribution is 2.41. The topological polar surface area (TPSA) is 94.2 Å². The summed E-state index contributed by atoms with van der Waals surface area (Å²) in [6.07, 6.45) is 6.88. The normalized spacial score (nSPS) is 13.8. The van der Waals surface area contributed by atoms with Crippen molar-refractivity contribution in [2.45, 2.75) is 35.7 Å². The number of ether oxygens (including phenoxy) is 1. The summed E-state index contributed by atoms with van der Waals surface area (Å²) >= 11 is 1.41. The average Bonchev–Trinajstić information content (AvgIpc) is 2.80. The van der Waals surface area contributed by atoms with E-state index in [9.17, 15) is 4.79 Å². The first-order valence-electron chi connectivity index (χ1n) is 10.3. The zero-order valence-corrected chi connectivity index (χ0v) is 18.3. The molecule has 0 atom stereocenters. The number of methoxy groups -OCH3 is 1. The summed E-state index contributed by atoms with van der Waals surface area (Å²) in [5, 5.41) is 1.46. The Morgan fingerprint density at radius 3 is 2.52 bits per heavy atom. The fraction of sp³-hybridized carbons (Fsp3) is 0.304. The van der Waals surface area contributed by atoms with E-state index < -0.39 is 5.91 Å². The molecule has 2 N–H and O–H groups in total. The van der Waals surface area contributed by atoms with Gasteiger partial charge in [-0.15, -0.1) is 0 Å². The van der Waals surface area contributed by atoms with Gasteiger partial charge in [0.05, 0.1) is 37.3 Å². The second-order valence-electron chi connectivity index (χ2n) is 7.36. The monoisotopic (exact) mass is 435 g/mol. The maximum atomic E-state index is 11.1. The smallest absolute Gasteiger partial charge is 0.223 e. The van der Waals surface area contributed by atoms with Crippen molar-refractivity contribution in [3.05, 3.63) is 54.5 Å². The van der Waals surface area contributed by atoms with Crippen LogP contribution in [0.2, 0.25) is 0 Å². The third kappa shape index (κ3) is 5.14. The van der Waals surface area contributed by atoms with Gasteiger partial charge >= 0.3 is 0 Å². The first kappa shape index (κ1) is 21.1. The maximum absolute atomic E-state index is 11.1. The van der Waals surface area contributed by atoms with Gasteiger partial charge in [-0.1, -0.05) is 30.3 Å². The molecule has 1 fully saturated rings. The van der Waals surface area contributed by atoms with Crippen molar-refractivity contribution < 1.29 is 9.53 Å². The number of carbonyl (C=O) groups excluding carboxylic acids is 1. The third-order valence-electron chi connectivity index (χ3n) is 5.12. The van der Waals surface area contributed by atoms with Crippen LogP contribution in [0, 0.1) is 0 Å². The molecule has 0 aliphatic carbocycles. The molecule has 2 aromatic heterocycles. The summed E-state index contributed by atoms with van der Waals surface area (Å²) in [4.78, 5) is 27.1. The number of pyridine rings is 1. The number of carbonyl (C=O) groups is 1. The van der Waals surface area contributed by atoms with E-state index in [4.69, 9.17) is 15.5 Å². The lowest BCUT2D eigenvalue weighted by Gasteiger charge is -2.31. The zero-order chi connectivity index (χ0) is 21.6. The van der Waals surface area contributed by atoms with Gasteiger partial charge in [-0.25, -0.2) is 9.97 Å². The summed E-state index contributed by atoms with van der Waals surface area (Å²) in [5.41, 5.74) is 8.77. The molecule has 0 unspecified atom stereocenters. The number of aromatic nitrogens is 3. The lowest BCUT2D eigenvalue weighted by atomic mass is 10.1. The summed E-state index contributed by atoms with van der Waals surface area (Å²) in [5.74, 6) is 0.374. The number of amides is 1. The third-order valence-corrected chi connectivity index (χ3v) is 5.96. The van der Waals surface area contributed by atoms with E-state index in [-0.39, 0.29) is 6.42 Å². The molecular weight excluding hydrogens is 410 g/mol. The Bertz CT molecular complexity index is 1040. The summed E-state index contributed by atoms with van der Waals surface area (Å²) in [6, 6.07) is 12.1. The van der Waals surface area contributed by atoms with Crippen LogP contribution in [0.25, 0.3) is 11.3 Å². The van der Waals surface area contributed by atoms with Gasteiger partial charge in [0, 0.05) is 24.7 Å². The highest BCUT2D eigenvalue weighted by molar-refractivity contribution is 7.99. The molecule has 1 aliphatic rings. The van der Waals surface area contributed by atoms with Crippen molar-refractivity contribution in [1.82, 2.24) is 15.0 Å². The minimum Gasteiger partial charge on any atom is -0.494 e. The molecule has 3 aromatic rings. The Morgan fingerprint density at radius 2 is 1.87 bits per heavy atom. The molecule has 8 heteroatoms. The first-order valence-corrected chi connectivity index (χ1v) is 11.1. The Labute approximate surface area is 186 Å². The molecular formula is C23H25N5O2S. The standard InChI is InChI=1S/C23H25N5O2S/c1-30-18-13-20(31-21-15-25-17(14-26-21)12-19(24)29)27-22(16-8-4-2-5-9-16)23(18)28-10-6-3-7-11-28/h2,4-5,8-9,13-15H,3,6-7,10-12H2,1H3,(H2,24,29). The number of nitrogens with zero attached hydrogens (tertiary/aromatic N) is 4. The molecule has 0 saturated carbocycles. The van der Waals surface area contributed by atoms with Gasteiger partial charge in [0.2, 0.25) is 5.91 Å². The van der Waals surface area contributed by atoms with Gasteiger partial charge in [0.25, 0.3) is 0 Å². The van der Waals surface area contributed by atoms with E-state index in [0.29, 0.717) is 10.7 Å². The van der Waals surface area contributed by atoms with E-state index in [2.05, 4.69) is 27.0 Å². The molecule has 0 radical (unpaired) electrons. The summed E-state index contributed by atoms with van der Waals surface area (Å²) in [6.45, 7) is 1.99. The fourth-order valence-electron chi connectivity index (χ4n) is 3.69. The van der Waals surface area contributed by atoms with Crippen LogP contribution in [-0.4, -0.2) is 41.1 Å². The SMILES string of the molecule is COc1cc(Sc2cnc(CC(N)=O)cn2)nc(-c2ccccc2)c1N1CCCCC1. The molecule has 4 rings (SSSR count). The molecule has 160 valence electrons. The van der Waals surface area contributed by atoms with Crippen molar-refractivity contribution in [2.75, 3.05) is 25.1 Å². The predicted octanol–water partition coefficient (Wildman–Crippen LogP) is 3.72. The largest absolute Gasteiger partial charge is 0.494 e. The quantitative estimate of drug-likeness (QED) is 0.604. The van der Waals surface area contributed by atoms with Crippen LogP contribution in [0.5, 0.6) is 5.75 Å². The first-order chi connectivity index (χ1) is 15.1. The van der Waals surface area contributed by atoms with E-state index in [1.807, 2.05) is 24.3 Å². The summed E-state index contributed by atoms with van der Waals surface area (Å²) < 4.78 is 5.82. The maximum Gasteiger partial charge on any atom is 0.223 e. The van der Waals surface area contributed by atoms with Crippen LogP contribution < -0.4 is 15.4 Å². The van der Waals surface area contributed by atoms with Crippen molar-refractivity contribution >= 4 is 23.4 Å². The lowest BCUT2D eigenvalue weighted by Crippen LogP contribution is -2.30. The molecule has 0 spiro atoms. The second kappa shape index (κ2) is 9.78. The van der Waals surface area contributed by atoms with Gasteiger partial charge in [-0.2, -0.15) is 0 Å². The van der Waals surface area contributed by atoms with Gasteiger partial charge in [-0.3, -0.25) is 9.78 Å². The van der Waals surface area contributed by atoms with Gasteiger partial charge in [-0.05, 0) is 31.0 Å².